The maximum Gasteiger partial charge on any atom is 0.378 e. The normalized spacial score (nSPS) is 11.1. The number of methoxy groups -OCH3 is 1. The number of aliphatic hydroxyl groups excluding tert-OH is 1. The summed E-state index contributed by atoms with van der Waals surface area (Å²) in [6, 6.07) is 2.25. The van der Waals surface area contributed by atoms with Crippen molar-refractivity contribution in [2.45, 2.75) is 0 Å². The van der Waals surface area contributed by atoms with Crippen LogP contribution in [-0.2, 0) is 14.3 Å². The maximum atomic E-state index is 12.8. The summed E-state index contributed by atoms with van der Waals surface area (Å²) >= 11 is 0. The molecule has 90 valence electrons. The molecule has 0 spiro atoms. The monoisotopic (exact) mass is 242 g/mol. The van der Waals surface area contributed by atoms with Gasteiger partial charge >= 0.3 is 5.97 Å². The summed E-state index contributed by atoms with van der Waals surface area (Å²) in [5.41, 5.74) is -0.250. The molecule has 0 radical (unpaired) electrons. The van der Waals surface area contributed by atoms with Crippen molar-refractivity contribution in [2.75, 3.05) is 7.11 Å². The number of hydrogen-bond acceptors (Lipinski definition) is 4. The molecule has 1 aromatic rings. The van der Waals surface area contributed by atoms with Crippen molar-refractivity contribution in [1.29, 1.82) is 0 Å². The summed E-state index contributed by atoms with van der Waals surface area (Å²) in [5, 5.41) is 9.38. The lowest BCUT2D eigenvalue weighted by Crippen LogP contribution is -2.13. The Kier molecular flexibility index (Phi) is 3.92. The van der Waals surface area contributed by atoms with Crippen LogP contribution in [0.1, 0.15) is 5.56 Å². The van der Waals surface area contributed by atoms with Crippen LogP contribution in [-0.4, -0.2) is 24.0 Å². The third-order valence-electron chi connectivity index (χ3n) is 1.81. The largest absolute Gasteiger partial charge is 0.507 e. The number of halogens is 2. The van der Waals surface area contributed by atoms with Gasteiger partial charge in [-0.3, -0.25) is 4.79 Å². The Hall–Kier alpha value is -2.24. The van der Waals surface area contributed by atoms with E-state index in [1.165, 1.54) is 0 Å². The van der Waals surface area contributed by atoms with Gasteiger partial charge in [0.15, 0.2) is 0 Å². The summed E-state index contributed by atoms with van der Waals surface area (Å²) in [6.45, 7) is 0. The molecule has 1 aromatic carbocycles. The Labute approximate surface area is 95.1 Å². The average molecular weight is 242 g/mol. The topological polar surface area (TPSA) is 63.6 Å². The molecular formula is C11H8F2O4. The highest BCUT2D eigenvalue weighted by atomic mass is 19.1. The Morgan fingerprint density at radius 3 is 2.24 bits per heavy atom. The van der Waals surface area contributed by atoms with Crippen molar-refractivity contribution >= 4 is 17.5 Å². The second kappa shape index (κ2) is 5.20. The summed E-state index contributed by atoms with van der Waals surface area (Å²) in [6.07, 6.45) is 0.528. The highest BCUT2D eigenvalue weighted by Crippen LogP contribution is 2.15. The number of esters is 1. The van der Waals surface area contributed by atoms with Crippen LogP contribution < -0.4 is 0 Å². The molecule has 0 aliphatic rings. The van der Waals surface area contributed by atoms with Gasteiger partial charge in [-0.25, -0.2) is 13.6 Å². The lowest BCUT2D eigenvalue weighted by atomic mass is 10.1. The highest BCUT2D eigenvalue weighted by Gasteiger charge is 2.13. The molecule has 4 nitrogen and oxygen atoms in total. The highest BCUT2D eigenvalue weighted by molar-refractivity contribution is 6.39. The van der Waals surface area contributed by atoms with Gasteiger partial charge < -0.3 is 9.84 Å². The lowest BCUT2D eigenvalue weighted by molar-refractivity contribution is -0.149. The number of ketones is 1. The smallest absolute Gasteiger partial charge is 0.378 e. The van der Waals surface area contributed by atoms with Gasteiger partial charge in [0.25, 0.3) is 5.78 Å². The molecule has 0 heterocycles. The second-order valence-electron chi connectivity index (χ2n) is 3.04. The summed E-state index contributed by atoms with van der Waals surface area (Å²) in [7, 11) is 0.993. The summed E-state index contributed by atoms with van der Waals surface area (Å²) < 4.78 is 29.7. The first-order valence-corrected chi connectivity index (χ1v) is 4.43. The van der Waals surface area contributed by atoms with E-state index in [-0.39, 0.29) is 5.56 Å². The average Bonchev–Trinajstić information content (AvgIpc) is 2.26. The number of carbonyl (C=O) groups is 2. The van der Waals surface area contributed by atoms with E-state index in [0.717, 1.165) is 19.2 Å². The zero-order valence-electron chi connectivity index (χ0n) is 8.74. The van der Waals surface area contributed by atoms with Crippen LogP contribution in [0.3, 0.4) is 0 Å². The van der Waals surface area contributed by atoms with Gasteiger partial charge in [0.2, 0.25) is 0 Å². The Morgan fingerprint density at radius 1 is 1.24 bits per heavy atom. The van der Waals surface area contributed by atoms with Crippen LogP contribution in [0, 0.1) is 11.6 Å². The van der Waals surface area contributed by atoms with E-state index in [0.29, 0.717) is 12.1 Å². The molecule has 6 heteroatoms. The van der Waals surface area contributed by atoms with Crippen molar-refractivity contribution in [3.8, 4) is 0 Å². The van der Waals surface area contributed by atoms with E-state index in [2.05, 4.69) is 4.74 Å². The third-order valence-corrected chi connectivity index (χ3v) is 1.81. The minimum Gasteiger partial charge on any atom is -0.507 e. The van der Waals surface area contributed by atoms with Crippen molar-refractivity contribution in [3.05, 3.63) is 41.5 Å². The SMILES string of the molecule is COC(=O)C(=O)/C=C(/O)c1cc(F)cc(F)c1. The predicted octanol–water partition coefficient (Wildman–Crippen LogP) is 1.61. The number of aliphatic hydroxyl groups is 1. The van der Waals surface area contributed by atoms with E-state index in [1.807, 2.05) is 0 Å². The van der Waals surface area contributed by atoms with Gasteiger partial charge in [-0.1, -0.05) is 0 Å². The first-order chi connectivity index (χ1) is 7.93. The number of ether oxygens (including phenoxy) is 1. The van der Waals surface area contributed by atoms with Gasteiger partial charge in [-0.2, -0.15) is 0 Å². The Balaban J connectivity index is 3.03. The maximum absolute atomic E-state index is 12.8. The zero-order valence-corrected chi connectivity index (χ0v) is 8.74. The number of benzene rings is 1. The van der Waals surface area contributed by atoms with Gasteiger partial charge in [0, 0.05) is 17.7 Å². The first-order valence-electron chi connectivity index (χ1n) is 4.43. The van der Waals surface area contributed by atoms with Crippen molar-refractivity contribution in [2.24, 2.45) is 0 Å². The van der Waals surface area contributed by atoms with E-state index in [1.54, 1.807) is 0 Å². The minimum absolute atomic E-state index is 0.250. The predicted molar refractivity (Wildman–Crippen MR) is 54.0 cm³/mol. The lowest BCUT2D eigenvalue weighted by Gasteiger charge is -2.00. The van der Waals surface area contributed by atoms with Crippen LogP contribution in [0.15, 0.2) is 24.3 Å². The third kappa shape index (κ3) is 3.37. The number of hydrogen-bond donors (Lipinski definition) is 1. The molecular weight excluding hydrogens is 234 g/mol. The summed E-state index contributed by atoms with van der Waals surface area (Å²) in [5.74, 6) is -4.86. The fourth-order valence-electron chi connectivity index (χ4n) is 1.07. The van der Waals surface area contributed by atoms with Crippen LogP contribution >= 0.6 is 0 Å². The molecule has 0 aliphatic heterocycles. The molecule has 0 unspecified atom stereocenters. The fraction of sp³-hybridized carbons (Fsp3) is 0.0909. The minimum atomic E-state index is -1.19. The molecule has 0 aliphatic carbocycles. The van der Waals surface area contributed by atoms with E-state index < -0.39 is 29.1 Å². The van der Waals surface area contributed by atoms with Crippen molar-refractivity contribution in [3.63, 3.8) is 0 Å². The zero-order chi connectivity index (χ0) is 13.0. The van der Waals surface area contributed by atoms with Crippen molar-refractivity contribution in [1.82, 2.24) is 0 Å². The standard InChI is InChI=1S/C11H8F2O4/c1-17-11(16)10(15)5-9(14)6-2-7(12)4-8(13)3-6/h2-5,14H,1H3/b9-5+. The molecule has 0 saturated heterocycles. The molecule has 0 aromatic heterocycles. The van der Waals surface area contributed by atoms with Gasteiger partial charge in [0.1, 0.15) is 17.4 Å². The fourth-order valence-corrected chi connectivity index (χ4v) is 1.07. The molecule has 0 amide bonds. The Morgan fingerprint density at radius 2 is 1.76 bits per heavy atom. The van der Waals surface area contributed by atoms with Crippen molar-refractivity contribution < 1.29 is 28.2 Å². The quantitative estimate of drug-likeness (QED) is 0.378. The van der Waals surface area contributed by atoms with Gasteiger partial charge in [0.05, 0.1) is 7.11 Å². The molecule has 1 rings (SSSR count). The van der Waals surface area contributed by atoms with Crippen LogP contribution in [0.4, 0.5) is 8.78 Å². The second-order valence-corrected chi connectivity index (χ2v) is 3.04. The number of carbonyl (C=O) groups excluding carboxylic acids is 2. The molecule has 0 atom stereocenters. The van der Waals surface area contributed by atoms with Crippen LogP contribution in [0.25, 0.3) is 5.76 Å². The van der Waals surface area contributed by atoms with E-state index >= 15 is 0 Å². The van der Waals surface area contributed by atoms with Gasteiger partial charge in [-0.15, -0.1) is 0 Å². The van der Waals surface area contributed by atoms with Crippen LogP contribution in [0.5, 0.6) is 0 Å². The van der Waals surface area contributed by atoms with Crippen LogP contribution in [0.2, 0.25) is 0 Å². The van der Waals surface area contributed by atoms with E-state index in [9.17, 15) is 23.5 Å². The molecule has 0 bridgehead atoms. The van der Waals surface area contributed by atoms with E-state index in [4.69, 9.17) is 0 Å². The molecule has 1 N–H and O–H groups in total. The number of rotatable bonds is 3. The van der Waals surface area contributed by atoms with Gasteiger partial charge in [-0.05, 0) is 12.1 Å². The first kappa shape index (κ1) is 12.8. The summed E-state index contributed by atoms with van der Waals surface area (Å²) in [4.78, 5) is 21.8. The molecule has 0 saturated carbocycles. The Bertz CT molecular complexity index is 474. The molecule has 0 fully saturated rings. The molecule has 17 heavy (non-hydrogen) atoms.